The average Bonchev–Trinajstić information content (AvgIpc) is 2.45. The fourth-order valence-electron chi connectivity index (χ4n) is 1.63. The molecule has 0 spiro atoms. The minimum Gasteiger partial charge on any atom is -0.489 e. The SMILES string of the molecule is C=C/C=C1/OC[C@H](NC(=O)O)C(=O)N(C)/C1=C/C=C. The van der Waals surface area contributed by atoms with Gasteiger partial charge >= 0.3 is 6.09 Å². The fraction of sp³-hybridized carbons (Fsp3) is 0.231. The normalized spacial score (nSPS) is 23.7. The average molecular weight is 264 g/mol. The first kappa shape index (κ1) is 14.6. The van der Waals surface area contributed by atoms with E-state index in [0.29, 0.717) is 11.5 Å². The molecule has 1 saturated heterocycles. The largest absolute Gasteiger partial charge is 0.489 e. The minimum absolute atomic E-state index is 0.0797. The number of carbonyl (C=O) groups excluding carboxylic acids is 1. The van der Waals surface area contributed by atoms with E-state index in [1.807, 2.05) is 0 Å². The molecule has 0 aromatic rings. The van der Waals surface area contributed by atoms with E-state index >= 15 is 0 Å². The lowest BCUT2D eigenvalue weighted by molar-refractivity contribution is -0.130. The molecule has 0 saturated carbocycles. The third-order valence-corrected chi connectivity index (χ3v) is 2.49. The molecule has 0 aromatic carbocycles. The molecule has 2 amide bonds. The molecule has 1 atom stereocenters. The molecular formula is C13H16N2O4. The van der Waals surface area contributed by atoms with Gasteiger partial charge in [0.1, 0.15) is 18.4 Å². The lowest BCUT2D eigenvalue weighted by atomic mass is 10.2. The highest BCUT2D eigenvalue weighted by Crippen LogP contribution is 2.21. The molecule has 1 heterocycles. The zero-order valence-corrected chi connectivity index (χ0v) is 10.6. The summed E-state index contributed by atoms with van der Waals surface area (Å²) in [5, 5.41) is 10.8. The minimum atomic E-state index is -1.28. The number of nitrogens with one attached hydrogen (secondary N) is 1. The summed E-state index contributed by atoms with van der Waals surface area (Å²) in [5.74, 6) is 0.0309. The molecule has 1 fully saturated rings. The first-order chi connectivity index (χ1) is 9.01. The maximum atomic E-state index is 12.1. The summed E-state index contributed by atoms with van der Waals surface area (Å²) >= 11 is 0. The van der Waals surface area contributed by atoms with Crippen molar-refractivity contribution in [2.24, 2.45) is 0 Å². The van der Waals surface area contributed by atoms with Gasteiger partial charge in [0.05, 0.1) is 5.70 Å². The Balaban J connectivity index is 3.13. The molecule has 19 heavy (non-hydrogen) atoms. The van der Waals surface area contributed by atoms with E-state index in [9.17, 15) is 9.59 Å². The van der Waals surface area contributed by atoms with Gasteiger partial charge in [-0.15, -0.1) is 0 Å². The van der Waals surface area contributed by atoms with Crippen LogP contribution in [0.1, 0.15) is 0 Å². The molecule has 1 rings (SSSR count). The number of hydrogen-bond acceptors (Lipinski definition) is 3. The Morgan fingerprint density at radius 3 is 2.63 bits per heavy atom. The number of ether oxygens (including phenoxy) is 1. The molecule has 0 bridgehead atoms. The van der Waals surface area contributed by atoms with Crippen LogP contribution in [0.2, 0.25) is 0 Å². The van der Waals surface area contributed by atoms with Gasteiger partial charge in [-0.25, -0.2) is 4.79 Å². The first-order valence-electron chi connectivity index (χ1n) is 5.57. The van der Waals surface area contributed by atoms with E-state index in [1.165, 1.54) is 17.1 Å². The quantitative estimate of drug-likeness (QED) is 0.804. The number of likely N-dealkylation sites (N-methyl/N-ethyl adjacent to an activating group) is 1. The van der Waals surface area contributed by atoms with Crippen LogP contribution in [0.4, 0.5) is 4.79 Å². The zero-order chi connectivity index (χ0) is 14.4. The van der Waals surface area contributed by atoms with E-state index < -0.39 is 18.0 Å². The summed E-state index contributed by atoms with van der Waals surface area (Å²) in [6.45, 7) is 7.06. The number of amides is 2. The number of nitrogens with zero attached hydrogens (tertiary/aromatic N) is 1. The lowest BCUT2D eigenvalue weighted by Gasteiger charge is -2.20. The third kappa shape index (κ3) is 3.48. The van der Waals surface area contributed by atoms with Crippen molar-refractivity contribution in [1.29, 1.82) is 0 Å². The van der Waals surface area contributed by atoms with Gasteiger partial charge in [-0.3, -0.25) is 4.79 Å². The van der Waals surface area contributed by atoms with Gasteiger partial charge in [-0.2, -0.15) is 0 Å². The number of rotatable bonds is 3. The van der Waals surface area contributed by atoms with Crippen LogP contribution in [-0.2, 0) is 9.53 Å². The molecule has 1 aliphatic heterocycles. The second-order valence-corrected chi connectivity index (χ2v) is 3.76. The van der Waals surface area contributed by atoms with Gasteiger partial charge in [-0.1, -0.05) is 25.3 Å². The number of allylic oxidation sites excluding steroid dienone is 4. The maximum Gasteiger partial charge on any atom is 0.405 e. The van der Waals surface area contributed by atoms with Crippen LogP contribution in [0.3, 0.4) is 0 Å². The van der Waals surface area contributed by atoms with Crippen LogP contribution in [0.15, 0.2) is 48.9 Å². The molecule has 0 radical (unpaired) electrons. The van der Waals surface area contributed by atoms with Crippen molar-refractivity contribution in [2.45, 2.75) is 6.04 Å². The highest BCUT2D eigenvalue weighted by Gasteiger charge is 2.31. The molecule has 0 aliphatic carbocycles. The Morgan fingerprint density at radius 1 is 1.47 bits per heavy atom. The van der Waals surface area contributed by atoms with E-state index in [1.54, 1.807) is 19.2 Å². The summed E-state index contributed by atoms with van der Waals surface area (Å²) in [6, 6.07) is -0.952. The molecule has 1 aliphatic rings. The van der Waals surface area contributed by atoms with Gasteiger partial charge in [0.2, 0.25) is 0 Å². The summed E-state index contributed by atoms with van der Waals surface area (Å²) in [4.78, 5) is 24.1. The number of hydrogen-bond donors (Lipinski definition) is 2. The smallest absolute Gasteiger partial charge is 0.405 e. The highest BCUT2D eigenvalue weighted by molar-refractivity contribution is 5.87. The summed E-state index contributed by atoms with van der Waals surface area (Å²) < 4.78 is 5.45. The summed E-state index contributed by atoms with van der Waals surface area (Å²) in [5.41, 5.74) is 0.495. The van der Waals surface area contributed by atoms with Crippen LogP contribution in [0, 0.1) is 0 Å². The van der Waals surface area contributed by atoms with Gasteiger partial charge in [-0.05, 0) is 12.2 Å². The molecule has 6 heteroatoms. The molecule has 0 unspecified atom stereocenters. The Morgan fingerprint density at radius 2 is 2.11 bits per heavy atom. The van der Waals surface area contributed by atoms with Crippen LogP contribution in [-0.4, -0.2) is 41.7 Å². The third-order valence-electron chi connectivity index (χ3n) is 2.49. The van der Waals surface area contributed by atoms with Crippen LogP contribution >= 0.6 is 0 Å². The molecule has 0 aromatic heterocycles. The van der Waals surface area contributed by atoms with Crippen LogP contribution < -0.4 is 5.32 Å². The second kappa shape index (κ2) is 6.44. The maximum absolute atomic E-state index is 12.1. The van der Waals surface area contributed by atoms with Gasteiger partial charge in [0.25, 0.3) is 5.91 Å². The van der Waals surface area contributed by atoms with Crippen molar-refractivity contribution in [3.8, 4) is 0 Å². The molecule has 2 N–H and O–H groups in total. The Bertz CT molecular complexity index is 465. The lowest BCUT2D eigenvalue weighted by Crippen LogP contribution is -2.47. The predicted molar refractivity (Wildman–Crippen MR) is 70.2 cm³/mol. The Hall–Kier alpha value is -2.50. The van der Waals surface area contributed by atoms with Crippen molar-refractivity contribution in [3.63, 3.8) is 0 Å². The van der Waals surface area contributed by atoms with Crippen LogP contribution in [0.25, 0.3) is 0 Å². The first-order valence-corrected chi connectivity index (χ1v) is 5.57. The summed E-state index contributed by atoms with van der Waals surface area (Å²) in [7, 11) is 1.54. The zero-order valence-electron chi connectivity index (χ0n) is 10.6. The standard InChI is InChI=1S/C13H16N2O4/c1-4-6-10-11(7-5-2)19-8-9(14-13(17)18)12(16)15(10)3/h4-7,9,14H,1-2,8H2,3H3,(H,17,18)/b10-6+,11-7+/t9-/m0/s1. The molecular weight excluding hydrogens is 248 g/mol. The molecule has 6 nitrogen and oxygen atoms in total. The number of carbonyl (C=O) groups is 2. The Labute approximate surface area is 111 Å². The monoisotopic (exact) mass is 264 g/mol. The fourth-order valence-corrected chi connectivity index (χ4v) is 1.63. The predicted octanol–water partition coefficient (Wildman–Crippen LogP) is 1.25. The second-order valence-electron chi connectivity index (χ2n) is 3.76. The van der Waals surface area contributed by atoms with Gasteiger partial charge in [0.15, 0.2) is 0 Å². The van der Waals surface area contributed by atoms with Crippen molar-refractivity contribution in [1.82, 2.24) is 10.2 Å². The summed E-state index contributed by atoms with van der Waals surface area (Å²) in [6.07, 6.45) is 4.97. The van der Waals surface area contributed by atoms with Gasteiger partial charge < -0.3 is 20.1 Å². The topological polar surface area (TPSA) is 78.9 Å². The van der Waals surface area contributed by atoms with Crippen molar-refractivity contribution in [2.75, 3.05) is 13.7 Å². The van der Waals surface area contributed by atoms with Crippen molar-refractivity contribution >= 4 is 12.0 Å². The molecule has 102 valence electrons. The van der Waals surface area contributed by atoms with Gasteiger partial charge in [0, 0.05) is 7.05 Å². The van der Waals surface area contributed by atoms with Crippen molar-refractivity contribution in [3.05, 3.63) is 48.9 Å². The van der Waals surface area contributed by atoms with E-state index in [4.69, 9.17) is 9.84 Å². The number of carboxylic acid groups (broad SMARTS) is 1. The Kier molecular flexibility index (Phi) is 4.93. The van der Waals surface area contributed by atoms with E-state index in [-0.39, 0.29) is 6.61 Å². The van der Waals surface area contributed by atoms with E-state index in [2.05, 4.69) is 18.5 Å². The van der Waals surface area contributed by atoms with Crippen LogP contribution in [0.5, 0.6) is 0 Å². The van der Waals surface area contributed by atoms with E-state index in [0.717, 1.165) is 0 Å². The van der Waals surface area contributed by atoms with Crippen molar-refractivity contribution < 1.29 is 19.4 Å². The highest BCUT2D eigenvalue weighted by atomic mass is 16.5.